The van der Waals surface area contributed by atoms with Crippen molar-refractivity contribution in [2.75, 3.05) is 0 Å². The zero-order valence-corrected chi connectivity index (χ0v) is 11.4. The van der Waals surface area contributed by atoms with E-state index in [1.807, 2.05) is 0 Å². The van der Waals surface area contributed by atoms with Crippen LogP contribution in [-0.2, 0) is 0 Å². The molecular weight excluding hydrogens is 276 g/mol. The van der Waals surface area contributed by atoms with Crippen LogP contribution in [-0.4, -0.2) is 21.0 Å². The van der Waals surface area contributed by atoms with Crippen molar-refractivity contribution in [1.82, 2.24) is 4.98 Å². The summed E-state index contributed by atoms with van der Waals surface area (Å²) in [6, 6.07) is 5.75. The Morgan fingerprint density at radius 3 is 2.52 bits per heavy atom. The van der Waals surface area contributed by atoms with E-state index in [2.05, 4.69) is 4.98 Å². The van der Waals surface area contributed by atoms with Gasteiger partial charge in [-0.15, -0.1) is 0 Å². The molecule has 0 aliphatic heterocycles. The number of aromatic nitrogens is 1. The minimum atomic E-state index is -1.14. The topological polar surface area (TPSA) is 103 Å². The molecule has 1 aromatic carbocycles. The number of benzene rings is 1. The van der Waals surface area contributed by atoms with E-state index in [4.69, 9.17) is 9.84 Å². The van der Waals surface area contributed by atoms with E-state index >= 15 is 0 Å². The number of aryl methyl sites for hydroxylation is 2. The predicted molar refractivity (Wildman–Crippen MR) is 73.8 cm³/mol. The maximum absolute atomic E-state index is 10.9. The van der Waals surface area contributed by atoms with Gasteiger partial charge in [-0.2, -0.15) is 0 Å². The lowest BCUT2D eigenvalue weighted by Crippen LogP contribution is -2.00. The van der Waals surface area contributed by atoms with Crippen molar-refractivity contribution in [1.29, 1.82) is 0 Å². The van der Waals surface area contributed by atoms with E-state index in [0.717, 1.165) is 5.56 Å². The van der Waals surface area contributed by atoms with Gasteiger partial charge in [-0.1, -0.05) is 0 Å². The fraction of sp³-hybridized carbons (Fsp3) is 0.143. The van der Waals surface area contributed by atoms with Gasteiger partial charge in [0.2, 0.25) is 0 Å². The maximum Gasteiger partial charge on any atom is 0.354 e. The molecule has 2 aromatic rings. The number of aromatic carboxylic acids is 1. The number of hydrogen-bond acceptors (Lipinski definition) is 5. The zero-order valence-electron chi connectivity index (χ0n) is 11.4. The van der Waals surface area contributed by atoms with Crippen molar-refractivity contribution >= 4 is 11.7 Å². The molecule has 0 saturated carbocycles. The Bertz CT molecular complexity index is 710. The molecule has 0 bridgehead atoms. The second-order valence-electron chi connectivity index (χ2n) is 4.45. The molecule has 0 aliphatic carbocycles. The van der Waals surface area contributed by atoms with Crippen LogP contribution in [0.15, 0.2) is 30.5 Å². The summed E-state index contributed by atoms with van der Waals surface area (Å²) in [6.07, 6.45) is 1.26. The summed E-state index contributed by atoms with van der Waals surface area (Å²) in [5.74, 6) is -0.498. The van der Waals surface area contributed by atoms with Crippen LogP contribution in [0.5, 0.6) is 11.5 Å². The molecular formula is C14H12N2O5. The summed E-state index contributed by atoms with van der Waals surface area (Å²) in [4.78, 5) is 24.9. The van der Waals surface area contributed by atoms with Crippen LogP contribution in [0.1, 0.15) is 21.6 Å². The Kier molecular flexibility index (Phi) is 3.84. The largest absolute Gasteiger partial charge is 0.477 e. The molecule has 0 aliphatic rings. The molecule has 0 fully saturated rings. The van der Waals surface area contributed by atoms with Crippen molar-refractivity contribution in [3.05, 3.63) is 57.4 Å². The third-order valence-corrected chi connectivity index (χ3v) is 2.87. The van der Waals surface area contributed by atoms with Gasteiger partial charge in [-0.3, -0.25) is 10.1 Å². The number of ether oxygens (including phenoxy) is 1. The Morgan fingerprint density at radius 2 is 2.00 bits per heavy atom. The molecule has 108 valence electrons. The highest BCUT2D eigenvalue weighted by Gasteiger charge is 2.15. The summed E-state index contributed by atoms with van der Waals surface area (Å²) in [5, 5.41) is 19.7. The minimum Gasteiger partial charge on any atom is -0.477 e. The van der Waals surface area contributed by atoms with Gasteiger partial charge in [-0.05, 0) is 37.6 Å². The molecule has 0 amide bonds. The molecule has 7 heteroatoms. The number of nitrogens with zero attached hydrogens (tertiary/aromatic N) is 2. The summed E-state index contributed by atoms with van der Waals surface area (Å²) in [7, 11) is 0. The molecule has 0 spiro atoms. The van der Waals surface area contributed by atoms with Crippen molar-refractivity contribution in [3.8, 4) is 11.5 Å². The first kappa shape index (κ1) is 14.4. The Labute approximate surface area is 120 Å². The highest BCUT2D eigenvalue weighted by atomic mass is 16.6. The predicted octanol–water partition coefficient (Wildman–Crippen LogP) is 3.10. The molecule has 7 nitrogen and oxygen atoms in total. The van der Waals surface area contributed by atoms with Crippen LogP contribution < -0.4 is 4.74 Å². The summed E-state index contributed by atoms with van der Waals surface area (Å²) < 4.78 is 5.53. The minimum absolute atomic E-state index is 0.0364. The van der Waals surface area contributed by atoms with Crippen LogP contribution in [0.3, 0.4) is 0 Å². The first-order chi connectivity index (χ1) is 9.88. The molecule has 1 heterocycles. The number of nitro groups is 1. The van der Waals surface area contributed by atoms with E-state index in [-0.39, 0.29) is 11.4 Å². The number of carboxylic acid groups (broad SMARTS) is 1. The van der Waals surface area contributed by atoms with Gasteiger partial charge < -0.3 is 9.84 Å². The molecule has 2 rings (SSSR count). The number of nitro benzene ring substituents is 1. The normalized spacial score (nSPS) is 10.2. The van der Waals surface area contributed by atoms with Crippen LogP contribution >= 0.6 is 0 Å². The first-order valence-electron chi connectivity index (χ1n) is 6.01. The molecule has 0 atom stereocenters. The van der Waals surface area contributed by atoms with Gasteiger partial charge >= 0.3 is 5.97 Å². The van der Waals surface area contributed by atoms with E-state index < -0.39 is 10.9 Å². The second kappa shape index (κ2) is 5.58. The Hall–Kier alpha value is -2.96. The lowest BCUT2D eigenvalue weighted by Gasteiger charge is -2.09. The molecule has 0 unspecified atom stereocenters. The number of carboxylic acids is 1. The lowest BCUT2D eigenvalue weighted by molar-refractivity contribution is -0.385. The van der Waals surface area contributed by atoms with Gasteiger partial charge in [0.25, 0.3) is 5.69 Å². The van der Waals surface area contributed by atoms with E-state index in [9.17, 15) is 14.9 Å². The quantitative estimate of drug-likeness (QED) is 0.685. The number of hydrogen-bond donors (Lipinski definition) is 1. The van der Waals surface area contributed by atoms with Crippen molar-refractivity contribution < 1.29 is 19.6 Å². The smallest absolute Gasteiger partial charge is 0.354 e. The summed E-state index contributed by atoms with van der Waals surface area (Å²) >= 11 is 0. The highest BCUT2D eigenvalue weighted by molar-refractivity contribution is 5.85. The number of pyridine rings is 1. The average molecular weight is 288 g/mol. The SMILES string of the molecule is Cc1cc(C)c([N+](=O)[O-])cc1Oc1ccc(C(=O)O)nc1. The molecule has 0 radical (unpaired) electrons. The summed E-state index contributed by atoms with van der Waals surface area (Å²) in [6.45, 7) is 3.42. The number of carbonyl (C=O) groups is 1. The summed E-state index contributed by atoms with van der Waals surface area (Å²) in [5.41, 5.74) is 1.14. The first-order valence-corrected chi connectivity index (χ1v) is 6.01. The molecule has 1 N–H and O–H groups in total. The molecule has 1 aromatic heterocycles. The number of rotatable bonds is 4. The van der Waals surface area contributed by atoms with E-state index in [1.54, 1.807) is 19.9 Å². The van der Waals surface area contributed by atoms with E-state index in [0.29, 0.717) is 17.1 Å². The van der Waals surface area contributed by atoms with E-state index in [1.165, 1.54) is 24.4 Å². The van der Waals surface area contributed by atoms with Gasteiger partial charge in [0.15, 0.2) is 0 Å². The monoisotopic (exact) mass is 288 g/mol. The molecule has 21 heavy (non-hydrogen) atoms. The van der Waals surface area contributed by atoms with Gasteiger partial charge in [-0.25, -0.2) is 9.78 Å². The Morgan fingerprint density at radius 1 is 1.29 bits per heavy atom. The highest BCUT2D eigenvalue weighted by Crippen LogP contribution is 2.31. The average Bonchev–Trinajstić information content (AvgIpc) is 2.42. The second-order valence-corrected chi connectivity index (χ2v) is 4.45. The zero-order chi connectivity index (χ0) is 15.6. The van der Waals surface area contributed by atoms with Crippen LogP contribution in [0.25, 0.3) is 0 Å². The van der Waals surface area contributed by atoms with Gasteiger partial charge in [0.05, 0.1) is 17.2 Å². The molecule has 0 saturated heterocycles. The lowest BCUT2D eigenvalue weighted by atomic mass is 10.1. The third-order valence-electron chi connectivity index (χ3n) is 2.87. The van der Waals surface area contributed by atoms with Gasteiger partial charge in [0.1, 0.15) is 17.2 Å². The third kappa shape index (κ3) is 3.14. The van der Waals surface area contributed by atoms with Crippen LogP contribution in [0, 0.1) is 24.0 Å². The fourth-order valence-electron chi connectivity index (χ4n) is 1.82. The van der Waals surface area contributed by atoms with Crippen LogP contribution in [0.4, 0.5) is 5.69 Å². The van der Waals surface area contributed by atoms with Crippen molar-refractivity contribution in [2.45, 2.75) is 13.8 Å². The maximum atomic E-state index is 10.9. The standard InChI is InChI=1S/C14H12N2O5/c1-8-5-9(2)13(6-12(8)16(19)20)21-10-3-4-11(14(17)18)15-7-10/h3-7H,1-2H3,(H,17,18). The van der Waals surface area contributed by atoms with Crippen LogP contribution in [0.2, 0.25) is 0 Å². The van der Waals surface area contributed by atoms with Crippen molar-refractivity contribution in [2.24, 2.45) is 0 Å². The Balaban J connectivity index is 2.32. The van der Waals surface area contributed by atoms with Gasteiger partial charge in [0, 0.05) is 5.56 Å². The van der Waals surface area contributed by atoms with Crippen molar-refractivity contribution in [3.63, 3.8) is 0 Å². The fourth-order valence-corrected chi connectivity index (χ4v) is 1.82.